The number of aromatic nitrogens is 3. The summed E-state index contributed by atoms with van der Waals surface area (Å²) < 4.78 is 11.4. The molecule has 0 spiro atoms. The quantitative estimate of drug-likeness (QED) is 0.731. The van der Waals surface area contributed by atoms with Crippen molar-refractivity contribution < 1.29 is 8.94 Å². The van der Waals surface area contributed by atoms with Crippen LogP contribution in [0.25, 0.3) is 11.6 Å². The Bertz CT molecular complexity index is 738. The van der Waals surface area contributed by atoms with Gasteiger partial charge in [-0.2, -0.15) is 4.98 Å². The van der Waals surface area contributed by atoms with Crippen molar-refractivity contribution in [1.82, 2.24) is 15.1 Å². The zero-order valence-electron chi connectivity index (χ0n) is 10.4. The summed E-state index contributed by atoms with van der Waals surface area (Å²) in [6, 6.07) is 7.65. The lowest BCUT2D eigenvalue weighted by molar-refractivity contribution is 0.377. The molecule has 4 rings (SSSR count). The van der Waals surface area contributed by atoms with Crippen molar-refractivity contribution in [3.8, 4) is 11.6 Å². The first-order chi connectivity index (χ1) is 9.81. The Morgan fingerprint density at radius 3 is 2.90 bits per heavy atom. The Morgan fingerprint density at radius 2 is 2.15 bits per heavy atom. The van der Waals surface area contributed by atoms with Crippen molar-refractivity contribution >= 4 is 15.9 Å². The van der Waals surface area contributed by atoms with E-state index >= 15 is 0 Å². The van der Waals surface area contributed by atoms with Gasteiger partial charge in [-0.05, 0) is 52.0 Å². The molecule has 3 aromatic heterocycles. The summed E-state index contributed by atoms with van der Waals surface area (Å²) in [6.45, 7) is 0. The average molecular weight is 332 g/mol. The van der Waals surface area contributed by atoms with Gasteiger partial charge in [0.15, 0.2) is 10.4 Å². The van der Waals surface area contributed by atoms with Crippen molar-refractivity contribution in [2.24, 2.45) is 0 Å². The molecule has 1 aliphatic carbocycles. The van der Waals surface area contributed by atoms with Gasteiger partial charge in [0, 0.05) is 18.3 Å². The third-order valence-electron chi connectivity index (χ3n) is 3.46. The molecule has 3 heterocycles. The normalized spacial score (nSPS) is 21.1. The molecule has 0 amide bonds. The summed E-state index contributed by atoms with van der Waals surface area (Å²) in [5.41, 5.74) is 1.22. The molecule has 2 unspecified atom stereocenters. The van der Waals surface area contributed by atoms with Gasteiger partial charge in [-0.3, -0.25) is 4.98 Å². The molecule has 0 aromatic carbocycles. The van der Waals surface area contributed by atoms with Gasteiger partial charge >= 0.3 is 0 Å². The lowest BCUT2D eigenvalue weighted by Crippen LogP contribution is -1.85. The molecular weight excluding hydrogens is 322 g/mol. The van der Waals surface area contributed by atoms with E-state index in [-0.39, 0.29) is 0 Å². The van der Waals surface area contributed by atoms with Gasteiger partial charge in [0.1, 0.15) is 0 Å². The molecule has 3 aromatic rings. The van der Waals surface area contributed by atoms with Gasteiger partial charge in [0.25, 0.3) is 0 Å². The van der Waals surface area contributed by atoms with Crippen molar-refractivity contribution in [2.75, 3.05) is 0 Å². The van der Waals surface area contributed by atoms with E-state index in [2.05, 4.69) is 37.1 Å². The first kappa shape index (κ1) is 11.8. The fourth-order valence-electron chi connectivity index (χ4n) is 2.35. The number of nitrogens with zero attached hydrogens (tertiary/aromatic N) is 3. The first-order valence-corrected chi connectivity index (χ1v) is 7.10. The molecule has 1 fully saturated rings. The zero-order valence-corrected chi connectivity index (χ0v) is 11.9. The minimum atomic E-state index is 0.291. The SMILES string of the molecule is Brc1ccc(-c2noc(C3CC3c3cccnc3)n2)o1. The van der Waals surface area contributed by atoms with Gasteiger partial charge < -0.3 is 8.94 Å². The van der Waals surface area contributed by atoms with Crippen molar-refractivity contribution in [3.05, 3.63) is 52.8 Å². The highest BCUT2D eigenvalue weighted by molar-refractivity contribution is 9.10. The lowest BCUT2D eigenvalue weighted by Gasteiger charge is -1.95. The topological polar surface area (TPSA) is 65.0 Å². The third kappa shape index (κ3) is 2.06. The van der Waals surface area contributed by atoms with E-state index < -0.39 is 0 Å². The largest absolute Gasteiger partial charge is 0.446 e. The van der Waals surface area contributed by atoms with Crippen LogP contribution in [0.5, 0.6) is 0 Å². The smallest absolute Gasteiger partial charge is 0.238 e. The van der Waals surface area contributed by atoms with Crippen LogP contribution in [0.3, 0.4) is 0 Å². The summed E-state index contributed by atoms with van der Waals surface area (Å²) in [5, 5.41) is 3.97. The summed E-state index contributed by atoms with van der Waals surface area (Å²) in [7, 11) is 0. The van der Waals surface area contributed by atoms with E-state index in [1.54, 1.807) is 12.3 Å². The summed E-state index contributed by atoms with van der Waals surface area (Å²) in [6.07, 6.45) is 4.70. The molecule has 2 atom stereocenters. The Kier molecular flexibility index (Phi) is 2.70. The average Bonchev–Trinajstić information content (AvgIpc) is 2.91. The number of furan rings is 1. The second kappa shape index (κ2) is 4.56. The van der Waals surface area contributed by atoms with Crippen LogP contribution in [0.2, 0.25) is 0 Å². The highest BCUT2D eigenvalue weighted by atomic mass is 79.9. The van der Waals surface area contributed by atoms with Crippen LogP contribution in [0, 0.1) is 0 Å². The van der Waals surface area contributed by atoms with E-state index in [9.17, 15) is 0 Å². The molecule has 100 valence electrons. The van der Waals surface area contributed by atoms with E-state index in [1.165, 1.54) is 5.56 Å². The third-order valence-corrected chi connectivity index (χ3v) is 3.88. The van der Waals surface area contributed by atoms with Crippen molar-refractivity contribution in [2.45, 2.75) is 18.3 Å². The molecule has 0 saturated heterocycles. The minimum Gasteiger partial charge on any atom is -0.446 e. The highest BCUT2D eigenvalue weighted by Crippen LogP contribution is 2.54. The number of pyridine rings is 1. The van der Waals surface area contributed by atoms with Gasteiger partial charge in [-0.15, -0.1) is 0 Å². The molecule has 5 nitrogen and oxygen atoms in total. The number of hydrogen-bond acceptors (Lipinski definition) is 5. The van der Waals surface area contributed by atoms with Crippen LogP contribution in [-0.4, -0.2) is 15.1 Å². The van der Waals surface area contributed by atoms with Crippen LogP contribution in [0.15, 0.2) is 50.3 Å². The highest BCUT2D eigenvalue weighted by Gasteiger charge is 2.44. The number of rotatable bonds is 3. The molecule has 0 bridgehead atoms. The molecular formula is C14H10BrN3O2. The molecule has 1 saturated carbocycles. The van der Waals surface area contributed by atoms with Crippen molar-refractivity contribution in [3.63, 3.8) is 0 Å². The first-order valence-electron chi connectivity index (χ1n) is 6.30. The summed E-state index contributed by atoms with van der Waals surface area (Å²) in [5.74, 6) is 2.48. The molecule has 6 heteroatoms. The molecule has 20 heavy (non-hydrogen) atoms. The maximum atomic E-state index is 5.42. The number of halogens is 1. The van der Waals surface area contributed by atoms with Gasteiger partial charge in [-0.25, -0.2) is 0 Å². The van der Waals surface area contributed by atoms with Crippen LogP contribution in [-0.2, 0) is 0 Å². The number of hydrogen-bond donors (Lipinski definition) is 0. The predicted octanol–water partition coefficient (Wildman–Crippen LogP) is 3.76. The monoisotopic (exact) mass is 331 g/mol. The van der Waals surface area contributed by atoms with E-state index in [4.69, 9.17) is 8.94 Å². The van der Waals surface area contributed by atoms with Crippen LogP contribution >= 0.6 is 15.9 Å². The standard InChI is InChI=1S/C14H10BrN3O2/c15-12-4-3-11(19-12)13-17-14(20-18-13)10-6-9(10)8-2-1-5-16-7-8/h1-5,7,9-10H,6H2. The summed E-state index contributed by atoms with van der Waals surface area (Å²) in [4.78, 5) is 8.56. The fourth-order valence-corrected chi connectivity index (χ4v) is 2.66. The van der Waals surface area contributed by atoms with Gasteiger partial charge in [0.05, 0.1) is 0 Å². The minimum absolute atomic E-state index is 0.291. The maximum Gasteiger partial charge on any atom is 0.238 e. The van der Waals surface area contributed by atoms with E-state index in [0.29, 0.717) is 34.0 Å². The van der Waals surface area contributed by atoms with Crippen molar-refractivity contribution in [1.29, 1.82) is 0 Å². The zero-order chi connectivity index (χ0) is 13.5. The molecule has 0 radical (unpaired) electrons. The predicted molar refractivity (Wildman–Crippen MR) is 74.0 cm³/mol. The Hall–Kier alpha value is -1.95. The van der Waals surface area contributed by atoms with Crippen LogP contribution in [0.4, 0.5) is 0 Å². The van der Waals surface area contributed by atoms with Gasteiger partial charge in [0.2, 0.25) is 11.7 Å². The van der Waals surface area contributed by atoms with E-state index in [1.807, 2.05) is 18.3 Å². The van der Waals surface area contributed by atoms with Crippen LogP contribution in [0.1, 0.15) is 29.7 Å². The Balaban J connectivity index is 1.56. The second-order valence-electron chi connectivity index (χ2n) is 4.80. The maximum absolute atomic E-state index is 5.42. The Labute approximate surface area is 123 Å². The lowest BCUT2D eigenvalue weighted by atomic mass is 10.1. The second-order valence-corrected chi connectivity index (χ2v) is 5.58. The van der Waals surface area contributed by atoms with Gasteiger partial charge in [-0.1, -0.05) is 11.2 Å². The Morgan fingerprint density at radius 1 is 1.20 bits per heavy atom. The molecule has 0 aliphatic heterocycles. The van der Waals surface area contributed by atoms with E-state index in [0.717, 1.165) is 6.42 Å². The summed E-state index contributed by atoms with van der Waals surface area (Å²) >= 11 is 3.26. The molecule has 1 aliphatic rings. The molecule has 0 N–H and O–H groups in total. The fraction of sp³-hybridized carbons (Fsp3) is 0.214. The van der Waals surface area contributed by atoms with Crippen LogP contribution < -0.4 is 0 Å².